The van der Waals surface area contributed by atoms with Gasteiger partial charge in [-0.2, -0.15) is 5.26 Å². The smallest absolute Gasteiger partial charge is 0.140 e. The van der Waals surface area contributed by atoms with Crippen molar-refractivity contribution in [2.24, 2.45) is 0 Å². The summed E-state index contributed by atoms with van der Waals surface area (Å²) in [5.41, 5.74) is 1.98. The molecular formula is C19H19FN2O2. The number of nitrogens with zero attached hydrogens (tertiary/aromatic N) is 2. The number of hydrogen-bond acceptors (Lipinski definition) is 4. The van der Waals surface area contributed by atoms with E-state index < -0.39 is 11.9 Å². The number of β-amino-alcohol motifs (C(OH)–C–C–N with tert-alkyl or cyclic N) is 1. The summed E-state index contributed by atoms with van der Waals surface area (Å²) in [5, 5.41) is 19.1. The van der Waals surface area contributed by atoms with Gasteiger partial charge >= 0.3 is 0 Å². The number of ether oxygens (including phenoxy) is 1. The zero-order valence-electron chi connectivity index (χ0n) is 13.4. The minimum absolute atomic E-state index is 0.0465. The predicted molar refractivity (Wildman–Crippen MR) is 87.9 cm³/mol. The molecule has 24 heavy (non-hydrogen) atoms. The van der Waals surface area contributed by atoms with Gasteiger partial charge in [0.15, 0.2) is 0 Å². The first kappa shape index (κ1) is 16.4. The molecule has 0 unspecified atom stereocenters. The first-order valence-electron chi connectivity index (χ1n) is 7.85. The molecule has 1 aliphatic rings. The number of aliphatic hydroxyl groups excluding tert-OH is 1. The van der Waals surface area contributed by atoms with E-state index >= 15 is 0 Å². The van der Waals surface area contributed by atoms with Crippen LogP contribution in [0.3, 0.4) is 0 Å². The number of hydrogen-bond donors (Lipinski definition) is 1. The second-order valence-electron chi connectivity index (χ2n) is 6.04. The first-order valence-corrected chi connectivity index (χ1v) is 7.85. The Labute approximate surface area is 140 Å². The maximum Gasteiger partial charge on any atom is 0.140 e. The van der Waals surface area contributed by atoms with E-state index in [1.165, 1.54) is 6.07 Å². The summed E-state index contributed by atoms with van der Waals surface area (Å²) in [6.45, 7) is 1.09. The molecule has 2 atom stereocenters. The molecule has 1 aliphatic heterocycles. The van der Waals surface area contributed by atoms with Crippen LogP contribution in [0.15, 0.2) is 42.5 Å². The van der Waals surface area contributed by atoms with Gasteiger partial charge in [-0.1, -0.05) is 18.2 Å². The van der Waals surface area contributed by atoms with E-state index in [9.17, 15) is 9.50 Å². The average molecular weight is 326 g/mol. The van der Waals surface area contributed by atoms with Crippen LogP contribution in [0.5, 0.6) is 5.75 Å². The minimum atomic E-state index is -0.507. The molecule has 0 spiro atoms. The van der Waals surface area contributed by atoms with Gasteiger partial charge in [-0.25, -0.2) is 4.39 Å². The van der Waals surface area contributed by atoms with Crippen molar-refractivity contribution in [2.75, 3.05) is 13.7 Å². The van der Waals surface area contributed by atoms with Gasteiger partial charge in [0.1, 0.15) is 17.6 Å². The SMILES string of the molecule is COc1cccc([C@@H]2C[C@@H](O)CN2Cc2ccc(F)c(C#N)c2)c1. The molecule has 1 saturated heterocycles. The highest BCUT2D eigenvalue weighted by molar-refractivity contribution is 5.35. The van der Waals surface area contributed by atoms with Crippen molar-refractivity contribution < 1.29 is 14.2 Å². The lowest BCUT2D eigenvalue weighted by Crippen LogP contribution is -2.24. The fourth-order valence-corrected chi connectivity index (χ4v) is 3.24. The molecule has 0 saturated carbocycles. The summed E-state index contributed by atoms with van der Waals surface area (Å²) in [5.74, 6) is 0.273. The summed E-state index contributed by atoms with van der Waals surface area (Å²) in [4.78, 5) is 2.15. The molecule has 1 fully saturated rings. The molecule has 4 nitrogen and oxygen atoms in total. The Kier molecular flexibility index (Phi) is 4.79. The highest BCUT2D eigenvalue weighted by Crippen LogP contribution is 2.34. The number of methoxy groups -OCH3 is 1. The van der Waals surface area contributed by atoms with E-state index in [0.29, 0.717) is 19.5 Å². The van der Waals surface area contributed by atoms with Crippen LogP contribution in [0.1, 0.15) is 29.2 Å². The number of halogens is 1. The number of nitriles is 1. The van der Waals surface area contributed by atoms with Crippen molar-refractivity contribution in [2.45, 2.75) is 25.1 Å². The van der Waals surface area contributed by atoms with Gasteiger partial charge in [-0.05, 0) is 41.8 Å². The van der Waals surface area contributed by atoms with Crippen molar-refractivity contribution >= 4 is 0 Å². The Hall–Kier alpha value is -2.42. The maximum absolute atomic E-state index is 13.5. The number of rotatable bonds is 4. The van der Waals surface area contributed by atoms with Crippen molar-refractivity contribution in [3.8, 4) is 11.8 Å². The van der Waals surface area contributed by atoms with Gasteiger partial charge in [-0.3, -0.25) is 4.90 Å². The molecule has 0 aliphatic carbocycles. The lowest BCUT2D eigenvalue weighted by molar-refractivity contribution is 0.172. The highest BCUT2D eigenvalue weighted by atomic mass is 19.1. The monoisotopic (exact) mass is 326 g/mol. The third kappa shape index (κ3) is 3.40. The molecule has 5 heteroatoms. The first-order chi connectivity index (χ1) is 11.6. The summed E-state index contributed by atoms with van der Waals surface area (Å²) < 4.78 is 18.8. The molecule has 0 aromatic heterocycles. The normalized spacial score (nSPS) is 20.8. The molecule has 124 valence electrons. The molecule has 2 aromatic carbocycles. The van der Waals surface area contributed by atoms with Crippen LogP contribution in [-0.4, -0.2) is 29.8 Å². The van der Waals surface area contributed by atoms with Gasteiger partial charge < -0.3 is 9.84 Å². The van der Waals surface area contributed by atoms with Crippen molar-refractivity contribution in [1.82, 2.24) is 4.90 Å². The second-order valence-corrected chi connectivity index (χ2v) is 6.04. The fourth-order valence-electron chi connectivity index (χ4n) is 3.24. The molecule has 0 bridgehead atoms. The van der Waals surface area contributed by atoms with Crippen LogP contribution in [0.4, 0.5) is 4.39 Å². The van der Waals surface area contributed by atoms with Crippen molar-refractivity contribution in [3.63, 3.8) is 0 Å². The van der Waals surface area contributed by atoms with E-state index in [1.807, 2.05) is 30.3 Å². The molecule has 0 amide bonds. The minimum Gasteiger partial charge on any atom is -0.497 e. The molecule has 1 N–H and O–H groups in total. The number of benzene rings is 2. The molecule has 1 heterocycles. The third-order valence-corrected chi connectivity index (χ3v) is 4.40. The van der Waals surface area contributed by atoms with Gasteiger partial charge in [0.2, 0.25) is 0 Å². The van der Waals surface area contributed by atoms with Gasteiger partial charge in [0.25, 0.3) is 0 Å². The van der Waals surface area contributed by atoms with Crippen LogP contribution in [0.25, 0.3) is 0 Å². The third-order valence-electron chi connectivity index (χ3n) is 4.40. The van der Waals surface area contributed by atoms with E-state index in [2.05, 4.69) is 4.90 Å². The van der Waals surface area contributed by atoms with Crippen LogP contribution in [0, 0.1) is 17.1 Å². The van der Waals surface area contributed by atoms with Gasteiger partial charge in [0, 0.05) is 19.1 Å². The molecule has 0 radical (unpaired) electrons. The Morgan fingerprint density at radius 3 is 2.92 bits per heavy atom. The number of likely N-dealkylation sites (tertiary alicyclic amines) is 1. The van der Waals surface area contributed by atoms with Crippen molar-refractivity contribution in [3.05, 3.63) is 65.0 Å². The zero-order valence-corrected chi connectivity index (χ0v) is 13.4. The molecule has 2 aromatic rings. The average Bonchev–Trinajstić information content (AvgIpc) is 2.97. The molecule has 3 rings (SSSR count). The van der Waals surface area contributed by atoms with Crippen LogP contribution in [0.2, 0.25) is 0 Å². The van der Waals surface area contributed by atoms with Crippen molar-refractivity contribution in [1.29, 1.82) is 5.26 Å². The highest BCUT2D eigenvalue weighted by Gasteiger charge is 2.32. The quantitative estimate of drug-likeness (QED) is 0.938. The van der Waals surface area contributed by atoms with Gasteiger partial charge in [-0.15, -0.1) is 0 Å². The molecular weight excluding hydrogens is 307 g/mol. The van der Waals surface area contributed by atoms with E-state index in [-0.39, 0.29) is 11.6 Å². The Balaban J connectivity index is 1.84. The van der Waals surface area contributed by atoms with E-state index in [1.54, 1.807) is 19.2 Å². The van der Waals surface area contributed by atoms with Crippen LogP contribution in [-0.2, 0) is 6.54 Å². The fraction of sp³-hybridized carbons (Fsp3) is 0.316. The summed E-state index contributed by atoms with van der Waals surface area (Å²) >= 11 is 0. The topological polar surface area (TPSA) is 56.5 Å². The summed E-state index contributed by atoms with van der Waals surface area (Å²) in [6.07, 6.45) is 0.233. The van der Waals surface area contributed by atoms with E-state index in [0.717, 1.165) is 16.9 Å². The largest absolute Gasteiger partial charge is 0.497 e. The Morgan fingerprint density at radius 2 is 2.17 bits per heavy atom. The standard InChI is InChI=1S/C19H19FN2O2/c1-24-17-4-2-3-14(8-17)19-9-16(23)12-22(19)11-13-5-6-18(20)15(7-13)10-21/h2-8,16,19,23H,9,11-12H2,1H3/t16-,19+/m1/s1. The lowest BCUT2D eigenvalue weighted by Gasteiger charge is -2.25. The summed E-state index contributed by atoms with van der Waals surface area (Å²) in [6, 6.07) is 14.3. The Morgan fingerprint density at radius 1 is 1.33 bits per heavy atom. The Bertz CT molecular complexity index is 772. The van der Waals surface area contributed by atoms with Crippen LogP contribution >= 0.6 is 0 Å². The van der Waals surface area contributed by atoms with Gasteiger partial charge in [0.05, 0.1) is 18.8 Å². The lowest BCUT2D eigenvalue weighted by atomic mass is 10.0. The second kappa shape index (κ2) is 7.00. The van der Waals surface area contributed by atoms with Crippen LogP contribution < -0.4 is 4.74 Å². The maximum atomic E-state index is 13.5. The van der Waals surface area contributed by atoms with E-state index in [4.69, 9.17) is 10.00 Å². The summed E-state index contributed by atoms with van der Waals surface area (Å²) in [7, 11) is 1.63. The predicted octanol–water partition coefficient (Wildman–Crippen LogP) is 3.01. The number of aliphatic hydroxyl groups is 1. The zero-order chi connectivity index (χ0) is 17.1.